The van der Waals surface area contributed by atoms with Crippen LogP contribution in [0.4, 0.5) is 4.39 Å². The van der Waals surface area contributed by atoms with Crippen molar-refractivity contribution in [2.75, 3.05) is 12.0 Å². The minimum atomic E-state index is -1.99. The number of fused-ring (bicyclic) bond motifs is 4. The molecular weight excluding hydrogens is 554 g/mol. The van der Waals surface area contributed by atoms with Crippen LogP contribution in [-0.4, -0.2) is 60.3 Å². The van der Waals surface area contributed by atoms with Crippen molar-refractivity contribution in [2.45, 2.75) is 35.4 Å². The number of halogens is 4. The average Bonchev–Trinajstić information content (AvgIpc) is 3.13. The van der Waals surface area contributed by atoms with Gasteiger partial charge in [0, 0.05) is 12.5 Å². The summed E-state index contributed by atoms with van der Waals surface area (Å²) < 4.78 is 14.4. The molecule has 6 atom stereocenters. The van der Waals surface area contributed by atoms with Gasteiger partial charge in [0.2, 0.25) is 11.8 Å². The molecule has 4 aliphatic rings. The van der Waals surface area contributed by atoms with Crippen molar-refractivity contribution in [3.63, 3.8) is 0 Å². The molecule has 0 aromatic heterocycles. The van der Waals surface area contributed by atoms with Gasteiger partial charge in [-0.05, 0) is 43.4 Å². The van der Waals surface area contributed by atoms with Crippen LogP contribution in [0.1, 0.15) is 31.2 Å². The summed E-state index contributed by atoms with van der Waals surface area (Å²) in [6.07, 6.45) is 1.91. The van der Waals surface area contributed by atoms with Crippen molar-refractivity contribution in [3.05, 3.63) is 41.2 Å². The number of carbonyl (C=O) groups excluding carboxylic acids is 4. The van der Waals surface area contributed by atoms with Gasteiger partial charge in [0.15, 0.2) is 21.3 Å². The lowest BCUT2D eigenvalue weighted by Gasteiger charge is -2.50. The van der Waals surface area contributed by atoms with Crippen LogP contribution in [0, 0.1) is 23.6 Å². The van der Waals surface area contributed by atoms with E-state index in [9.17, 15) is 28.7 Å². The maximum absolute atomic E-state index is 14.4. The van der Waals surface area contributed by atoms with Crippen LogP contribution in [0.3, 0.4) is 0 Å². The van der Waals surface area contributed by atoms with Gasteiger partial charge in [0.25, 0.3) is 11.8 Å². The van der Waals surface area contributed by atoms with E-state index in [-0.39, 0.29) is 42.2 Å². The lowest BCUT2D eigenvalue weighted by Crippen LogP contribution is -2.60. The lowest BCUT2D eigenvalue weighted by molar-refractivity contribution is -0.141. The molecule has 5 rings (SSSR count). The van der Waals surface area contributed by atoms with Gasteiger partial charge in [0.05, 0.1) is 17.3 Å². The Morgan fingerprint density at radius 1 is 1.12 bits per heavy atom. The Morgan fingerprint density at radius 3 is 2.44 bits per heavy atom. The molecule has 2 aliphatic carbocycles. The molecule has 1 aromatic rings. The highest BCUT2D eigenvalue weighted by Crippen LogP contribution is 2.65. The summed E-state index contributed by atoms with van der Waals surface area (Å²) >= 11 is 17.2. The Bertz CT molecular complexity index is 1190. The fraction of sp³-hybridized carbons (Fsp3) is 0.478. The van der Waals surface area contributed by atoms with Crippen LogP contribution in [0.15, 0.2) is 29.8 Å². The number of phenols is 1. The molecular formula is C23H20BrCl2FN2O5. The summed E-state index contributed by atoms with van der Waals surface area (Å²) in [7, 11) is 0. The minimum absolute atomic E-state index is 0.118. The average molecular weight is 574 g/mol. The van der Waals surface area contributed by atoms with Crippen LogP contribution in [-0.2, 0) is 19.2 Å². The number of benzene rings is 1. The number of nitrogens with zero attached hydrogens (tertiary/aromatic N) is 2. The fourth-order valence-electron chi connectivity index (χ4n) is 6.21. The van der Waals surface area contributed by atoms with Gasteiger partial charge in [-0.25, -0.2) is 4.39 Å². The second kappa shape index (κ2) is 7.77. The van der Waals surface area contributed by atoms with Crippen molar-refractivity contribution < 1.29 is 28.7 Å². The van der Waals surface area contributed by atoms with Gasteiger partial charge in [-0.1, -0.05) is 33.6 Å². The Kier molecular flexibility index (Phi) is 5.43. The Hall–Kier alpha value is -1.97. The van der Waals surface area contributed by atoms with Gasteiger partial charge in [-0.2, -0.15) is 0 Å². The van der Waals surface area contributed by atoms with Crippen molar-refractivity contribution >= 4 is 62.8 Å². The number of allylic oxidation sites excluding steroid dienone is 2. The zero-order valence-corrected chi connectivity index (χ0v) is 21.0. The number of phenolic OH excluding ortho intramolecular Hbond substituents is 1. The third kappa shape index (κ3) is 2.74. The van der Waals surface area contributed by atoms with E-state index in [4.69, 9.17) is 23.2 Å². The number of imide groups is 2. The van der Waals surface area contributed by atoms with E-state index in [1.807, 2.05) is 0 Å². The van der Waals surface area contributed by atoms with Crippen molar-refractivity contribution in [2.24, 2.45) is 17.8 Å². The number of rotatable bonds is 3. The number of amides is 4. The van der Waals surface area contributed by atoms with Crippen LogP contribution in [0.5, 0.6) is 5.75 Å². The van der Waals surface area contributed by atoms with Crippen molar-refractivity contribution in [1.82, 2.24) is 9.80 Å². The number of hydrogen-bond donors (Lipinski definition) is 1. The first kappa shape index (κ1) is 23.8. The van der Waals surface area contributed by atoms with Crippen LogP contribution in [0.25, 0.3) is 0 Å². The molecule has 0 bridgehead atoms. The third-order valence-electron chi connectivity index (χ3n) is 7.73. The SMILES string of the molecule is CCN1C(=O)C2CC=C3C(CC4(Cl)C(=O)N(CBr)C(=O)C4(Cl)C3c3ccc(O)c(F)c3)C2C1=O. The molecule has 1 aromatic carbocycles. The molecule has 6 unspecified atom stereocenters. The molecule has 2 heterocycles. The number of carbonyl (C=O) groups is 4. The van der Waals surface area contributed by atoms with E-state index in [0.29, 0.717) is 5.57 Å². The van der Waals surface area contributed by atoms with Gasteiger partial charge < -0.3 is 5.11 Å². The lowest BCUT2D eigenvalue weighted by atomic mass is 9.56. The molecule has 4 amide bonds. The van der Waals surface area contributed by atoms with E-state index in [1.165, 1.54) is 11.0 Å². The van der Waals surface area contributed by atoms with E-state index >= 15 is 0 Å². The first-order valence-electron chi connectivity index (χ1n) is 10.9. The van der Waals surface area contributed by atoms with Gasteiger partial charge in [0.1, 0.15) is 0 Å². The monoisotopic (exact) mass is 572 g/mol. The second-order valence-corrected chi connectivity index (χ2v) is 10.9. The Morgan fingerprint density at radius 2 is 1.82 bits per heavy atom. The van der Waals surface area contributed by atoms with Gasteiger partial charge in [-0.15, -0.1) is 23.2 Å². The summed E-state index contributed by atoms with van der Waals surface area (Å²) in [5, 5.41) is 9.72. The molecule has 2 saturated heterocycles. The van der Waals surface area contributed by atoms with E-state index in [2.05, 4.69) is 15.9 Å². The number of alkyl halides is 3. The summed E-state index contributed by atoms with van der Waals surface area (Å²) in [6, 6.07) is 3.63. The number of likely N-dealkylation sites (tertiary alicyclic amines) is 2. The molecule has 0 spiro atoms. The molecule has 1 N–H and O–H groups in total. The highest BCUT2D eigenvalue weighted by atomic mass is 79.9. The highest BCUT2D eigenvalue weighted by Gasteiger charge is 2.76. The first-order valence-corrected chi connectivity index (χ1v) is 12.7. The standard InChI is InChI=1S/C23H20BrCl2FN2O5/c1-2-28-18(31)12-5-4-11-13(16(12)19(28)32)8-22(25)20(33)29(9-24)21(34)23(22,26)17(11)10-3-6-15(30)14(27)7-10/h3-4,6-7,12-13,16-17,30H,2,5,8-9H2,1H3. The largest absolute Gasteiger partial charge is 0.505 e. The van der Waals surface area contributed by atoms with Crippen LogP contribution in [0.2, 0.25) is 0 Å². The van der Waals surface area contributed by atoms with E-state index < -0.39 is 56.8 Å². The molecule has 0 radical (unpaired) electrons. The topological polar surface area (TPSA) is 95.0 Å². The minimum Gasteiger partial charge on any atom is -0.505 e. The quantitative estimate of drug-likeness (QED) is 0.259. The third-order valence-corrected chi connectivity index (χ3v) is 9.64. The maximum atomic E-state index is 14.4. The first-order chi connectivity index (χ1) is 16.0. The molecule has 1 saturated carbocycles. The molecule has 34 heavy (non-hydrogen) atoms. The van der Waals surface area contributed by atoms with Gasteiger partial charge in [-0.3, -0.25) is 29.0 Å². The summed E-state index contributed by atoms with van der Waals surface area (Å²) in [6.45, 7) is 1.93. The van der Waals surface area contributed by atoms with Gasteiger partial charge >= 0.3 is 0 Å². The fourth-order valence-corrected chi connectivity index (χ4v) is 7.63. The van der Waals surface area contributed by atoms with Crippen LogP contribution < -0.4 is 0 Å². The molecule has 3 fully saturated rings. The molecule has 2 aliphatic heterocycles. The second-order valence-electron chi connectivity index (χ2n) is 9.12. The smallest absolute Gasteiger partial charge is 0.254 e. The van der Waals surface area contributed by atoms with Crippen molar-refractivity contribution in [1.29, 1.82) is 0 Å². The van der Waals surface area contributed by atoms with Crippen LogP contribution >= 0.6 is 39.1 Å². The Balaban J connectivity index is 1.74. The normalized spacial score (nSPS) is 37.0. The predicted molar refractivity (Wildman–Crippen MR) is 124 cm³/mol. The summed E-state index contributed by atoms with van der Waals surface area (Å²) in [5.41, 5.74) is 0.682. The maximum Gasteiger partial charge on any atom is 0.254 e. The number of hydrogen-bond acceptors (Lipinski definition) is 5. The summed E-state index contributed by atoms with van der Waals surface area (Å²) in [4.78, 5) is 51.3. The zero-order valence-electron chi connectivity index (χ0n) is 17.9. The zero-order chi connectivity index (χ0) is 24.7. The number of aromatic hydroxyl groups is 1. The Labute approximate surface area is 213 Å². The predicted octanol–water partition coefficient (Wildman–Crippen LogP) is 3.26. The molecule has 11 heteroatoms. The highest BCUT2D eigenvalue weighted by molar-refractivity contribution is 9.09. The van der Waals surface area contributed by atoms with E-state index in [0.717, 1.165) is 17.0 Å². The molecule has 7 nitrogen and oxygen atoms in total. The summed E-state index contributed by atoms with van der Waals surface area (Å²) in [5.74, 6) is -6.62. The van der Waals surface area contributed by atoms with E-state index in [1.54, 1.807) is 13.0 Å². The molecule has 180 valence electrons. The van der Waals surface area contributed by atoms with Crippen molar-refractivity contribution in [3.8, 4) is 5.75 Å².